The lowest BCUT2D eigenvalue weighted by Gasteiger charge is -2.29. The zero-order valence-electron chi connectivity index (χ0n) is 11.9. The summed E-state index contributed by atoms with van der Waals surface area (Å²) in [6, 6.07) is 7.24. The number of rotatable bonds is 5. The molecule has 2 rings (SSSR count). The zero-order chi connectivity index (χ0) is 13.7. The molecule has 5 nitrogen and oxygen atoms in total. The molecular formula is C14H23Cl2N3O2. The molecule has 7 heteroatoms. The van der Waals surface area contributed by atoms with E-state index in [1.807, 2.05) is 12.1 Å². The number of hydrogen-bond donors (Lipinski definition) is 1. The second kappa shape index (κ2) is 9.95. The van der Waals surface area contributed by atoms with E-state index in [1.165, 1.54) is 5.56 Å². The van der Waals surface area contributed by atoms with Gasteiger partial charge < -0.3 is 10.6 Å². The van der Waals surface area contributed by atoms with Crippen LogP contribution in [0.5, 0.6) is 0 Å². The van der Waals surface area contributed by atoms with Crippen molar-refractivity contribution in [3.63, 3.8) is 0 Å². The van der Waals surface area contributed by atoms with E-state index in [0.29, 0.717) is 6.04 Å². The monoisotopic (exact) mass is 335 g/mol. The number of likely N-dealkylation sites (tertiary alicyclic amines) is 1. The van der Waals surface area contributed by atoms with Crippen molar-refractivity contribution in [3.05, 3.63) is 39.9 Å². The Morgan fingerprint density at radius 2 is 1.76 bits per heavy atom. The van der Waals surface area contributed by atoms with E-state index in [1.54, 1.807) is 12.1 Å². The molecule has 1 aliphatic heterocycles. The van der Waals surface area contributed by atoms with Gasteiger partial charge in [-0.25, -0.2) is 0 Å². The Morgan fingerprint density at radius 1 is 1.19 bits per heavy atom. The first kappa shape index (κ1) is 20.1. The molecule has 21 heavy (non-hydrogen) atoms. The van der Waals surface area contributed by atoms with Crippen LogP contribution in [-0.2, 0) is 6.42 Å². The second-order valence-corrected chi connectivity index (χ2v) is 5.21. The Balaban J connectivity index is 0.00000200. The molecule has 0 spiro atoms. The Hall–Kier alpha value is -0.880. The fourth-order valence-corrected chi connectivity index (χ4v) is 2.47. The van der Waals surface area contributed by atoms with Crippen molar-refractivity contribution in [1.29, 1.82) is 0 Å². The average Bonchev–Trinajstić information content (AvgIpc) is 2.41. The first-order valence-electron chi connectivity index (χ1n) is 6.86. The van der Waals surface area contributed by atoms with E-state index >= 15 is 0 Å². The zero-order valence-corrected chi connectivity index (χ0v) is 13.6. The number of nitrogens with two attached hydrogens (primary N) is 1. The summed E-state index contributed by atoms with van der Waals surface area (Å²) in [6.07, 6.45) is 4.25. The molecule has 1 saturated heterocycles. The summed E-state index contributed by atoms with van der Waals surface area (Å²) in [5, 5.41) is 10.5. The summed E-state index contributed by atoms with van der Waals surface area (Å²) in [5.41, 5.74) is 7.20. The molecule has 0 atom stereocenters. The lowest BCUT2D eigenvalue weighted by atomic mass is 10.0. The van der Waals surface area contributed by atoms with Crippen molar-refractivity contribution in [2.75, 3.05) is 19.6 Å². The molecule has 1 aromatic carbocycles. The molecule has 0 aromatic heterocycles. The summed E-state index contributed by atoms with van der Waals surface area (Å²) in [4.78, 5) is 12.6. The summed E-state index contributed by atoms with van der Waals surface area (Å²) in [7, 11) is 0. The van der Waals surface area contributed by atoms with Crippen LogP contribution < -0.4 is 5.73 Å². The molecule has 120 valence electrons. The number of halogens is 2. The van der Waals surface area contributed by atoms with Crippen LogP contribution in [0.1, 0.15) is 24.8 Å². The maximum Gasteiger partial charge on any atom is 0.269 e. The van der Waals surface area contributed by atoms with Crippen LogP contribution in [-0.4, -0.2) is 35.5 Å². The van der Waals surface area contributed by atoms with E-state index in [9.17, 15) is 10.1 Å². The van der Waals surface area contributed by atoms with E-state index in [0.717, 1.165) is 45.3 Å². The van der Waals surface area contributed by atoms with E-state index < -0.39 is 0 Å². The van der Waals surface area contributed by atoms with Gasteiger partial charge in [-0.3, -0.25) is 10.1 Å². The van der Waals surface area contributed by atoms with Gasteiger partial charge in [0.1, 0.15) is 0 Å². The van der Waals surface area contributed by atoms with Crippen LogP contribution in [0, 0.1) is 10.1 Å². The molecule has 0 amide bonds. The van der Waals surface area contributed by atoms with E-state index in [2.05, 4.69) is 4.90 Å². The molecule has 1 heterocycles. The maximum absolute atomic E-state index is 10.5. The van der Waals surface area contributed by atoms with Gasteiger partial charge in [-0.05, 0) is 50.9 Å². The van der Waals surface area contributed by atoms with Crippen molar-refractivity contribution in [2.24, 2.45) is 5.73 Å². The van der Waals surface area contributed by atoms with E-state index in [4.69, 9.17) is 5.73 Å². The molecule has 0 aliphatic carbocycles. The Labute approximate surface area is 137 Å². The van der Waals surface area contributed by atoms with Gasteiger partial charge in [0.2, 0.25) is 0 Å². The maximum atomic E-state index is 10.5. The molecule has 0 unspecified atom stereocenters. The van der Waals surface area contributed by atoms with Crippen LogP contribution >= 0.6 is 24.8 Å². The van der Waals surface area contributed by atoms with Gasteiger partial charge in [0, 0.05) is 18.2 Å². The predicted molar refractivity (Wildman–Crippen MR) is 89.6 cm³/mol. The third-order valence-electron chi connectivity index (χ3n) is 3.72. The van der Waals surface area contributed by atoms with Crippen molar-refractivity contribution >= 4 is 30.5 Å². The molecule has 1 aliphatic rings. The number of aryl methyl sites for hydroxylation is 1. The number of piperidine rings is 1. The third-order valence-corrected chi connectivity index (χ3v) is 3.72. The van der Waals surface area contributed by atoms with Crippen LogP contribution in [0.25, 0.3) is 0 Å². The lowest BCUT2D eigenvalue weighted by molar-refractivity contribution is -0.384. The van der Waals surface area contributed by atoms with Gasteiger partial charge >= 0.3 is 0 Å². The van der Waals surface area contributed by atoms with Crippen molar-refractivity contribution in [3.8, 4) is 0 Å². The van der Waals surface area contributed by atoms with Gasteiger partial charge in [0.25, 0.3) is 5.69 Å². The quantitative estimate of drug-likeness (QED) is 0.663. The fourth-order valence-electron chi connectivity index (χ4n) is 2.47. The molecular weight excluding hydrogens is 313 g/mol. The molecule has 0 bridgehead atoms. The minimum Gasteiger partial charge on any atom is -0.328 e. The van der Waals surface area contributed by atoms with Gasteiger partial charge in [-0.2, -0.15) is 0 Å². The van der Waals surface area contributed by atoms with Crippen molar-refractivity contribution < 1.29 is 4.92 Å². The number of nitro groups is 1. The summed E-state index contributed by atoms with van der Waals surface area (Å²) >= 11 is 0. The SMILES string of the molecule is Cl.Cl.NC1CCN(CCCc2ccc([N+](=O)[O-])cc2)CC1. The highest BCUT2D eigenvalue weighted by atomic mass is 35.5. The van der Waals surface area contributed by atoms with Crippen LogP contribution in [0.3, 0.4) is 0 Å². The first-order valence-corrected chi connectivity index (χ1v) is 6.86. The van der Waals surface area contributed by atoms with Crippen molar-refractivity contribution in [1.82, 2.24) is 4.90 Å². The summed E-state index contributed by atoms with van der Waals surface area (Å²) in [6.45, 7) is 3.28. The topological polar surface area (TPSA) is 72.4 Å². The van der Waals surface area contributed by atoms with Gasteiger partial charge in [-0.1, -0.05) is 12.1 Å². The second-order valence-electron chi connectivity index (χ2n) is 5.21. The summed E-state index contributed by atoms with van der Waals surface area (Å²) < 4.78 is 0. The Kier molecular flexibility index (Phi) is 9.53. The number of hydrogen-bond acceptors (Lipinski definition) is 4. The smallest absolute Gasteiger partial charge is 0.269 e. The minimum absolute atomic E-state index is 0. The highest BCUT2D eigenvalue weighted by molar-refractivity contribution is 5.85. The predicted octanol–water partition coefficient (Wildman–Crippen LogP) is 2.79. The normalized spacial score (nSPS) is 15.9. The largest absolute Gasteiger partial charge is 0.328 e. The highest BCUT2D eigenvalue weighted by Gasteiger charge is 2.15. The number of benzene rings is 1. The molecule has 0 radical (unpaired) electrons. The average molecular weight is 336 g/mol. The fraction of sp³-hybridized carbons (Fsp3) is 0.571. The molecule has 1 aromatic rings. The van der Waals surface area contributed by atoms with Gasteiger partial charge in [0.05, 0.1) is 4.92 Å². The lowest BCUT2D eigenvalue weighted by Crippen LogP contribution is -2.40. The number of nitro benzene ring substituents is 1. The molecule has 0 saturated carbocycles. The van der Waals surface area contributed by atoms with Gasteiger partial charge in [0.15, 0.2) is 0 Å². The highest BCUT2D eigenvalue weighted by Crippen LogP contribution is 2.14. The van der Waals surface area contributed by atoms with Gasteiger partial charge in [-0.15, -0.1) is 24.8 Å². The van der Waals surface area contributed by atoms with Crippen LogP contribution in [0.15, 0.2) is 24.3 Å². The first-order chi connectivity index (χ1) is 9.15. The molecule has 2 N–H and O–H groups in total. The Morgan fingerprint density at radius 3 is 2.29 bits per heavy atom. The standard InChI is InChI=1S/C14H21N3O2.2ClH/c15-13-7-10-16(11-8-13)9-1-2-12-3-5-14(6-4-12)17(18)19;;/h3-6,13H,1-2,7-11,15H2;2*1H. The minimum atomic E-state index is -0.360. The Bertz CT molecular complexity index is 421. The number of non-ortho nitro benzene ring substituents is 1. The van der Waals surface area contributed by atoms with E-state index in [-0.39, 0.29) is 35.4 Å². The van der Waals surface area contributed by atoms with Crippen LogP contribution in [0.2, 0.25) is 0 Å². The third kappa shape index (κ3) is 6.61. The van der Waals surface area contributed by atoms with Crippen LogP contribution in [0.4, 0.5) is 5.69 Å². The summed E-state index contributed by atoms with van der Waals surface area (Å²) in [5.74, 6) is 0. The van der Waals surface area contributed by atoms with Crippen molar-refractivity contribution in [2.45, 2.75) is 31.7 Å². The number of nitrogens with zero attached hydrogens (tertiary/aromatic N) is 2. The molecule has 1 fully saturated rings.